The molecule has 0 atom stereocenters. The van der Waals surface area contributed by atoms with E-state index in [0.717, 1.165) is 19.2 Å². The smallest absolute Gasteiger partial charge is 0.458 e. The largest absolute Gasteiger partial charge is 0.465 e. The zero-order valence-corrected chi connectivity index (χ0v) is 16.4. The van der Waals surface area contributed by atoms with Crippen LogP contribution in [0.25, 0.3) is 0 Å². The highest BCUT2D eigenvalue weighted by Gasteiger charge is 2.62. The van der Waals surface area contributed by atoms with E-state index in [-0.39, 0.29) is 5.56 Å². The highest BCUT2D eigenvalue weighted by Crippen LogP contribution is 2.50. The molecule has 0 aromatic heterocycles. The van der Waals surface area contributed by atoms with Crippen molar-refractivity contribution >= 4 is 15.8 Å². The first-order valence-electron chi connectivity index (χ1n) is 8.62. The molecule has 0 amide bonds. The van der Waals surface area contributed by atoms with E-state index < -0.39 is 49.8 Å². The fourth-order valence-corrected chi connectivity index (χ4v) is 4.90. The number of carbonyl (C=O) groups excluding carboxylic acids is 1. The minimum absolute atomic E-state index is 0.110. The highest BCUT2D eigenvalue weighted by atomic mass is 32.2. The highest BCUT2D eigenvalue weighted by molar-refractivity contribution is 7.90. The summed E-state index contributed by atoms with van der Waals surface area (Å²) < 4.78 is 97.4. The Kier molecular flexibility index (Phi) is 6.13. The molecule has 0 heterocycles. The zero-order chi connectivity index (χ0) is 21.5. The molecule has 1 fully saturated rings. The molecule has 1 aliphatic rings. The molecule has 28 heavy (non-hydrogen) atoms. The normalized spacial score (nSPS) is 21.4. The second-order valence-electron chi connectivity index (χ2n) is 7.20. The van der Waals surface area contributed by atoms with Crippen molar-refractivity contribution in [1.29, 1.82) is 0 Å². The van der Waals surface area contributed by atoms with Gasteiger partial charge in [-0.3, -0.25) is 0 Å². The molecule has 1 saturated carbocycles. The predicted molar refractivity (Wildman–Crippen MR) is 91.2 cm³/mol. The molecule has 0 saturated heterocycles. The quantitative estimate of drug-likeness (QED) is 0.509. The van der Waals surface area contributed by atoms with E-state index in [1.807, 2.05) is 6.92 Å². The van der Waals surface area contributed by atoms with Crippen molar-refractivity contribution in [2.45, 2.75) is 55.5 Å². The van der Waals surface area contributed by atoms with Crippen molar-refractivity contribution in [2.75, 3.05) is 13.4 Å². The van der Waals surface area contributed by atoms with E-state index in [2.05, 4.69) is 4.74 Å². The van der Waals surface area contributed by atoms with Crippen LogP contribution in [0.15, 0.2) is 17.0 Å². The third-order valence-corrected chi connectivity index (χ3v) is 6.27. The van der Waals surface area contributed by atoms with E-state index in [1.54, 1.807) is 0 Å². The lowest BCUT2D eigenvalue weighted by atomic mass is 9.78. The van der Waals surface area contributed by atoms with Crippen LogP contribution in [0.1, 0.15) is 60.0 Å². The molecular formula is C18H21F5O4S. The molecular weight excluding hydrogens is 407 g/mol. The number of sulfone groups is 1. The van der Waals surface area contributed by atoms with Gasteiger partial charge in [-0.1, -0.05) is 25.8 Å². The van der Waals surface area contributed by atoms with Gasteiger partial charge in [0.15, 0.2) is 9.84 Å². The lowest BCUT2D eigenvalue weighted by Crippen LogP contribution is -2.37. The summed E-state index contributed by atoms with van der Waals surface area (Å²) in [6, 6.07) is 1.95. The van der Waals surface area contributed by atoms with Crippen molar-refractivity contribution in [3.05, 3.63) is 28.8 Å². The summed E-state index contributed by atoms with van der Waals surface area (Å²) in [5.74, 6) is -7.15. The molecule has 0 aliphatic heterocycles. The van der Waals surface area contributed by atoms with Gasteiger partial charge < -0.3 is 4.74 Å². The average molecular weight is 428 g/mol. The molecule has 10 heteroatoms. The zero-order valence-electron chi connectivity index (χ0n) is 15.6. The second-order valence-corrected chi connectivity index (χ2v) is 9.15. The average Bonchev–Trinajstić information content (AvgIpc) is 2.58. The van der Waals surface area contributed by atoms with Crippen molar-refractivity contribution in [3.8, 4) is 0 Å². The van der Waals surface area contributed by atoms with E-state index >= 15 is 0 Å². The summed E-state index contributed by atoms with van der Waals surface area (Å²) in [4.78, 5) is 10.8. The Morgan fingerprint density at radius 3 is 2.04 bits per heavy atom. The van der Waals surface area contributed by atoms with Crippen molar-refractivity contribution < 1.29 is 39.9 Å². The molecule has 0 bridgehead atoms. The Hall–Kier alpha value is -1.71. The topological polar surface area (TPSA) is 60.4 Å². The van der Waals surface area contributed by atoms with Gasteiger partial charge in [-0.2, -0.15) is 22.0 Å². The summed E-state index contributed by atoms with van der Waals surface area (Å²) in [6.45, 7) is 1.98. The minimum Gasteiger partial charge on any atom is -0.465 e. The number of hydrogen-bond donors (Lipinski definition) is 0. The van der Waals surface area contributed by atoms with Crippen LogP contribution < -0.4 is 0 Å². The van der Waals surface area contributed by atoms with Gasteiger partial charge in [-0.25, -0.2) is 13.2 Å². The van der Waals surface area contributed by atoms with Gasteiger partial charge in [0.05, 0.1) is 23.1 Å². The fraction of sp³-hybridized carbons (Fsp3) is 0.611. The van der Waals surface area contributed by atoms with E-state index in [9.17, 15) is 35.2 Å². The number of hydrogen-bond acceptors (Lipinski definition) is 4. The van der Waals surface area contributed by atoms with Crippen molar-refractivity contribution in [2.24, 2.45) is 5.92 Å². The second kappa shape index (κ2) is 7.61. The molecule has 158 valence electrons. The molecule has 0 radical (unpaired) electrons. The molecule has 1 aromatic carbocycles. The maximum atomic E-state index is 14.4. The van der Waals surface area contributed by atoms with Crippen LogP contribution in [0.5, 0.6) is 0 Å². The van der Waals surface area contributed by atoms with Gasteiger partial charge in [-0.05, 0) is 36.3 Å². The van der Waals surface area contributed by atoms with Gasteiger partial charge in [0.2, 0.25) is 0 Å². The van der Waals surface area contributed by atoms with Gasteiger partial charge in [-0.15, -0.1) is 0 Å². The number of ether oxygens (including phenoxy) is 1. The van der Waals surface area contributed by atoms with Crippen LogP contribution in [0.4, 0.5) is 22.0 Å². The number of carbonyl (C=O) groups is 1. The molecule has 0 N–H and O–H groups in total. The van der Waals surface area contributed by atoms with E-state index in [1.165, 1.54) is 0 Å². The molecule has 2 rings (SSSR count). The van der Waals surface area contributed by atoms with Crippen LogP contribution in [0, 0.1) is 5.92 Å². The number of esters is 1. The lowest BCUT2D eigenvalue weighted by molar-refractivity contribution is -0.290. The number of benzene rings is 1. The Morgan fingerprint density at radius 1 is 1.07 bits per heavy atom. The first-order chi connectivity index (χ1) is 12.7. The Labute approximate surface area is 160 Å². The van der Waals surface area contributed by atoms with Gasteiger partial charge >= 0.3 is 18.1 Å². The summed E-state index contributed by atoms with van der Waals surface area (Å²) in [6.07, 6.45) is -3.23. The maximum absolute atomic E-state index is 14.4. The number of methoxy groups -OCH3 is 1. The van der Waals surface area contributed by atoms with Crippen LogP contribution in [-0.2, 0) is 20.5 Å². The number of halogens is 5. The van der Waals surface area contributed by atoms with Crippen LogP contribution >= 0.6 is 0 Å². The fourth-order valence-electron chi connectivity index (χ4n) is 3.62. The number of rotatable bonds is 4. The van der Waals surface area contributed by atoms with Crippen molar-refractivity contribution in [1.82, 2.24) is 0 Å². The Bertz CT molecular complexity index is 853. The Morgan fingerprint density at radius 2 is 1.61 bits per heavy atom. The predicted octanol–water partition coefficient (Wildman–Crippen LogP) is 4.82. The summed E-state index contributed by atoms with van der Waals surface area (Å²) >= 11 is 0. The standard InChI is InChI=1S/C18H21F5O4S/c1-10-4-6-11(7-5-10)12-8-9-13(16(24)27-2)14(15(12)28(3,25)26)17(19,20)18(21,22)23/h8-11H,4-7H2,1-3H3. The SMILES string of the molecule is COC(=O)c1ccc(C2CCC(C)CC2)c(S(C)(=O)=O)c1C(F)(F)C(F)(F)F. The minimum atomic E-state index is -6.09. The Balaban J connectivity index is 2.88. The van der Waals surface area contributed by atoms with E-state index in [0.29, 0.717) is 37.9 Å². The lowest BCUT2D eigenvalue weighted by Gasteiger charge is -2.31. The third-order valence-electron chi connectivity index (χ3n) is 5.09. The van der Waals surface area contributed by atoms with Crippen LogP contribution in [-0.4, -0.2) is 33.9 Å². The monoisotopic (exact) mass is 428 g/mol. The summed E-state index contributed by atoms with van der Waals surface area (Å²) in [7, 11) is -3.71. The van der Waals surface area contributed by atoms with Crippen LogP contribution in [0.2, 0.25) is 0 Å². The number of alkyl halides is 5. The molecule has 0 spiro atoms. The van der Waals surface area contributed by atoms with Gasteiger partial charge in [0.25, 0.3) is 0 Å². The van der Waals surface area contributed by atoms with Crippen molar-refractivity contribution in [3.63, 3.8) is 0 Å². The van der Waals surface area contributed by atoms with Crippen LogP contribution in [0.3, 0.4) is 0 Å². The summed E-state index contributed by atoms with van der Waals surface area (Å²) in [5, 5.41) is 0. The maximum Gasteiger partial charge on any atom is 0.458 e. The molecule has 4 nitrogen and oxygen atoms in total. The third kappa shape index (κ3) is 4.16. The van der Waals surface area contributed by atoms with Gasteiger partial charge in [0.1, 0.15) is 0 Å². The first-order valence-corrected chi connectivity index (χ1v) is 10.5. The van der Waals surface area contributed by atoms with Gasteiger partial charge in [0, 0.05) is 6.26 Å². The molecule has 0 unspecified atom stereocenters. The summed E-state index contributed by atoms with van der Waals surface area (Å²) in [5.41, 5.74) is -3.08. The van der Waals surface area contributed by atoms with E-state index in [4.69, 9.17) is 0 Å². The molecule has 1 aliphatic carbocycles. The first kappa shape index (κ1) is 22.6. The molecule has 1 aromatic rings.